The lowest BCUT2D eigenvalue weighted by molar-refractivity contribution is -0.385. The largest absolute Gasteiger partial charge is 0.493 e. The van der Waals surface area contributed by atoms with Crippen LogP contribution in [0.4, 0.5) is 15.8 Å². The standard InChI is InChI=1S/C29H25FN4O6/c1-38-28-16-19(2-7-27(28)40-26-6-3-20(18-31)15-25(26)34(36)37)14-23-22-17-21(30)4-5-24(22)33(29(23)35)9-8-32-10-12-39-13-11-32/h2-7,14-17H,8-13H2,1H3. The summed E-state index contributed by atoms with van der Waals surface area (Å²) in [6, 6.07) is 14.9. The molecule has 0 spiro atoms. The number of rotatable bonds is 8. The molecule has 2 aliphatic heterocycles. The number of halogens is 1. The number of nitrogens with zero attached hydrogens (tertiary/aromatic N) is 4. The number of nitro benzene ring substituents is 1. The van der Waals surface area contributed by atoms with Gasteiger partial charge in [-0.2, -0.15) is 5.26 Å². The summed E-state index contributed by atoms with van der Waals surface area (Å²) in [5.74, 6) is -0.269. The first-order valence-corrected chi connectivity index (χ1v) is 12.6. The van der Waals surface area contributed by atoms with Gasteiger partial charge in [-0.15, -0.1) is 0 Å². The minimum absolute atomic E-state index is 0.0558. The number of morpholine rings is 1. The van der Waals surface area contributed by atoms with Gasteiger partial charge in [0.2, 0.25) is 5.75 Å². The zero-order valence-electron chi connectivity index (χ0n) is 21.6. The van der Waals surface area contributed by atoms with Gasteiger partial charge in [-0.3, -0.25) is 19.8 Å². The minimum atomic E-state index is -0.630. The van der Waals surface area contributed by atoms with Gasteiger partial charge in [0.1, 0.15) is 5.82 Å². The fraction of sp³-hybridized carbons (Fsp3) is 0.241. The average molecular weight is 545 g/mol. The highest BCUT2D eigenvalue weighted by Crippen LogP contribution is 2.40. The quantitative estimate of drug-likeness (QED) is 0.229. The molecule has 40 heavy (non-hydrogen) atoms. The second kappa shape index (κ2) is 11.5. The van der Waals surface area contributed by atoms with Crippen LogP contribution in [0.2, 0.25) is 0 Å². The van der Waals surface area contributed by atoms with Gasteiger partial charge in [0.15, 0.2) is 11.5 Å². The Kier molecular flexibility index (Phi) is 7.72. The van der Waals surface area contributed by atoms with Crippen molar-refractivity contribution in [3.8, 4) is 23.3 Å². The third kappa shape index (κ3) is 5.49. The lowest BCUT2D eigenvalue weighted by Gasteiger charge is -2.28. The van der Waals surface area contributed by atoms with E-state index in [0.717, 1.165) is 19.2 Å². The lowest BCUT2D eigenvalue weighted by Crippen LogP contribution is -2.42. The summed E-state index contributed by atoms with van der Waals surface area (Å²) in [6.45, 7) is 4.01. The molecule has 0 radical (unpaired) electrons. The van der Waals surface area contributed by atoms with E-state index in [1.54, 1.807) is 35.2 Å². The highest BCUT2D eigenvalue weighted by Gasteiger charge is 2.33. The van der Waals surface area contributed by atoms with Crippen LogP contribution in [0.1, 0.15) is 16.7 Å². The maximum atomic E-state index is 14.2. The summed E-state index contributed by atoms with van der Waals surface area (Å²) in [5.41, 5.74) is 1.84. The molecule has 2 aliphatic rings. The number of carbonyl (C=O) groups excluding carboxylic acids is 1. The molecule has 11 heteroatoms. The van der Waals surface area contributed by atoms with E-state index in [2.05, 4.69) is 4.90 Å². The summed E-state index contributed by atoms with van der Waals surface area (Å²) in [7, 11) is 1.42. The number of anilines is 1. The number of nitriles is 1. The molecule has 0 bridgehead atoms. The SMILES string of the molecule is COc1cc(C=C2C(=O)N(CCN3CCOCC3)c3ccc(F)cc32)ccc1Oc1ccc(C#N)cc1[N+](=O)[O-]. The monoisotopic (exact) mass is 544 g/mol. The first kappa shape index (κ1) is 26.8. The van der Waals surface area contributed by atoms with Crippen molar-refractivity contribution in [3.63, 3.8) is 0 Å². The first-order chi connectivity index (χ1) is 19.4. The van der Waals surface area contributed by atoms with Crippen molar-refractivity contribution >= 4 is 28.9 Å². The zero-order chi connectivity index (χ0) is 28.2. The number of ether oxygens (including phenoxy) is 3. The lowest BCUT2D eigenvalue weighted by atomic mass is 10.0. The predicted octanol–water partition coefficient (Wildman–Crippen LogP) is 4.63. The Morgan fingerprint density at radius 3 is 2.58 bits per heavy atom. The van der Waals surface area contributed by atoms with Gasteiger partial charge in [-0.1, -0.05) is 6.07 Å². The molecule has 3 aromatic rings. The number of benzene rings is 3. The minimum Gasteiger partial charge on any atom is -0.493 e. The van der Waals surface area contributed by atoms with E-state index in [4.69, 9.17) is 19.5 Å². The molecule has 1 saturated heterocycles. The highest BCUT2D eigenvalue weighted by molar-refractivity contribution is 6.35. The average Bonchev–Trinajstić information content (AvgIpc) is 3.22. The van der Waals surface area contributed by atoms with Crippen LogP contribution in [0.3, 0.4) is 0 Å². The van der Waals surface area contributed by atoms with Gasteiger partial charge in [-0.05, 0) is 54.1 Å². The van der Waals surface area contributed by atoms with Gasteiger partial charge in [-0.25, -0.2) is 4.39 Å². The van der Waals surface area contributed by atoms with Crippen LogP contribution >= 0.6 is 0 Å². The molecule has 1 fully saturated rings. The van der Waals surface area contributed by atoms with Crippen LogP contribution in [0.25, 0.3) is 11.6 Å². The van der Waals surface area contributed by atoms with Gasteiger partial charge >= 0.3 is 5.69 Å². The number of amides is 1. The smallest absolute Gasteiger partial charge is 0.312 e. The summed E-state index contributed by atoms with van der Waals surface area (Å²) in [5, 5.41) is 20.6. The van der Waals surface area contributed by atoms with Crippen LogP contribution in [-0.2, 0) is 9.53 Å². The summed E-state index contributed by atoms with van der Waals surface area (Å²) in [6.07, 6.45) is 1.66. The highest BCUT2D eigenvalue weighted by atomic mass is 19.1. The van der Waals surface area contributed by atoms with E-state index in [0.29, 0.717) is 48.7 Å². The maximum absolute atomic E-state index is 14.2. The number of hydrogen-bond acceptors (Lipinski definition) is 8. The third-order valence-corrected chi connectivity index (χ3v) is 6.76. The van der Waals surface area contributed by atoms with Crippen molar-refractivity contribution in [3.05, 3.63) is 87.2 Å². The first-order valence-electron chi connectivity index (χ1n) is 12.6. The molecule has 1 amide bonds. The van der Waals surface area contributed by atoms with Crippen molar-refractivity contribution in [2.24, 2.45) is 0 Å². The third-order valence-electron chi connectivity index (χ3n) is 6.76. The number of nitro groups is 1. The van der Waals surface area contributed by atoms with Crippen molar-refractivity contribution < 1.29 is 28.3 Å². The van der Waals surface area contributed by atoms with Gasteiger partial charge in [0.05, 0.1) is 42.6 Å². The fourth-order valence-corrected chi connectivity index (χ4v) is 4.72. The second-order valence-corrected chi connectivity index (χ2v) is 9.19. The predicted molar refractivity (Wildman–Crippen MR) is 145 cm³/mol. The van der Waals surface area contributed by atoms with Crippen LogP contribution < -0.4 is 14.4 Å². The number of carbonyl (C=O) groups is 1. The number of hydrogen-bond donors (Lipinski definition) is 0. The summed E-state index contributed by atoms with van der Waals surface area (Å²) >= 11 is 0. The molecule has 0 atom stereocenters. The van der Waals surface area contributed by atoms with Crippen LogP contribution in [0, 0.1) is 27.3 Å². The van der Waals surface area contributed by atoms with Crippen LogP contribution in [-0.4, -0.2) is 62.2 Å². The van der Waals surface area contributed by atoms with Crippen molar-refractivity contribution in [2.45, 2.75) is 0 Å². The maximum Gasteiger partial charge on any atom is 0.312 e. The van der Waals surface area contributed by atoms with E-state index >= 15 is 0 Å². The zero-order valence-corrected chi connectivity index (χ0v) is 21.6. The molecular formula is C29H25FN4O6. The van der Waals surface area contributed by atoms with Crippen molar-refractivity contribution in [2.75, 3.05) is 51.4 Å². The normalized spacial score (nSPS) is 16.1. The van der Waals surface area contributed by atoms with E-state index in [1.807, 2.05) is 6.07 Å². The molecule has 0 aliphatic carbocycles. The Bertz CT molecular complexity index is 1540. The van der Waals surface area contributed by atoms with E-state index < -0.39 is 10.7 Å². The van der Waals surface area contributed by atoms with Crippen LogP contribution in [0.15, 0.2) is 54.6 Å². The molecule has 0 saturated carbocycles. The Morgan fingerprint density at radius 1 is 1.07 bits per heavy atom. The molecule has 0 unspecified atom stereocenters. The molecule has 10 nitrogen and oxygen atoms in total. The fourth-order valence-electron chi connectivity index (χ4n) is 4.72. The van der Waals surface area contributed by atoms with Gasteiger partial charge < -0.3 is 19.1 Å². The van der Waals surface area contributed by atoms with Gasteiger partial charge in [0, 0.05) is 43.4 Å². The Labute approximate surface area is 229 Å². The Morgan fingerprint density at radius 2 is 1.85 bits per heavy atom. The van der Waals surface area contributed by atoms with E-state index in [9.17, 15) is 19.3 Å². The topological polar surface area (TPSA) is 118 Å². The number of methoxy groups -OCH3 is 1. The summed E-state index contributed by atoms with van der Waals surface area (Å²) < 4.78 is 30.9. The molecule has 5 rings (SSSR count). The molecule has 0 N–H and O–H groups in total. The van der Waals surface area contributed by atoms with Crippen molar-refractivity contribution in [1.82, 2.24) is 4.90 Å². The molecule has 2 heterocycles. The Balaban J connectivity index is 1.43. The van der Waals surface area contributed by atoms with E-state index in [1.165, 1.54) is 31.4 Å². The Hall–Kier alpha value is -4.79. The molecule has 0 aromatic heterocycles. The van der Waals surface area contributed by atoms with E-state index in [-0.39, 0.29) is 34.4 Å². The van der Waals surface area contributed by atoms with Crippen LogP contribution in [0.5, 0.6) is 17.2 Å². The van der Waals surface area contributed by atoms with Gasteiger partial charge in [0.25, 0.3) is 5.91 Å². The molecule has 3 aromatic carbocycles. The second-order valence-electron chi connectivity index (χ2n) is 9.19. The summed E-state index contributed by atoms with van der Waals surface area (Å²) in [4.78, 5) is 28.3. The molecule has 204 valence electrons. The van der Waals surface area contributed by atoms with Crippen molar-refractivity contribution in [1.29, 1.82) is 5.26 Å². The molecular weight excluding hydrogens is 519 g/mol. The number of fused-ring (bicyclic) bond motifs is 1.